The fourth-order valence-electron chi connectivity index (χ4n) is 1.32. The minimum Gasteiger partial charge on any atom is -0.497 e. The summed E-state index contributed by atoms with van der Waals surface area (Å²) in [5, 5.41) is 0. The number of alkyl halides is 3. The van der Waals surface area contributed by atoms with Crippen LogP contribution in [0.5, 0.6) is 5.75 Å². The monoisotopic (exact) mass is 292 g/mol. The maximum Gasteiger partial charge on any atom is 0.264 e. The minimum absolute atomic E-state index is 0.184. The highest BCUT2D eigenvalue weighted by Crippen LogP contribution is 2.34. The van der Waals surface area contributed by atoms with Crippen molar-refractivity contribution >= 4 is 21.7 Å². The van der Waals surface area contributed by atoms with E-state index in [0.29, 0.717) is 5.75 Å². The topological polar surface area (TPSA) is 26.3 Å². The van der Waals surface area contributed by atoms with Crippen molar-refractivity contribution < 1.29 is 18.3 Å². The molecular weight excluding hydrogens is 282 g/mol. The van der Waals surface area contributed by atoms with Gasteiger partial charge in [-0.05, 0) is 24.6 Å². The van der Waals surface area contributed by atoms with Gasteiger partial charge < -0.3 is 4.74 Å². The van der Waals surface area contributed by atoms with E-state index in [2.05, 4.69) is 15.9 Å². The van der Waals surface area contributed by atoms with Gasteiger partial charge in [-0.1, -0.05) is 22.0 Å². The largest absolute Gasteiger partial charge is 0.497 e. The molecule has 0 fully saturated rings. The standard InChI is InChI=1S/C11H11BrF2O2/c1-6(15)10(12)8-4-3-7(16-2)5-9(8)11(13)14/h3-5,10-11H,1-2H3. The molecule has 0 saturated carbocycles. The van der Waals surface area contributed by atoms with Crippen molar-refractivity contribution in [3.8, 4) is 5.75 Å². The smallest absolute Gasteiger partial charge is 0.264 e. The molecule has 88 valence electrons. The first kappa shape index (κ1) is 13.1. The van der Waals surface area contributed by atoms with Crippen LogP contribution in [0.1, 0.15) is 29.3 Å². The maximum atomic E-state index is 12.8. The third-order valence-electron chi connectivity index (χ3n) is 2.16. The third kappa shape index (κ3) is 2.78. The lowest BCUT2D eigenvalue weighted by atomic mass is 10.0. The van der Waals surface area contributed by atoms with Crippen LogP contribution in [0.15, 0.2) is 18.2 Å². The highest BCUT2D eigenvalue weighted by Gasteiger charge is 2.21. The van der Waals surface area contributed by atoms with E-state index in [-0.39, 0.29) is 16.9 Å². The fraction of sp³-hybridized carbons (Fsp3) is 0.364. The van der Waals surface area contributed by atoms with E-state index in [1.165, 1.54) is 26.2 Å². The van der Waals surface area contributed by atoms with Crippen molar-refractivity contribution in [2.24, 2.45) is 0 Å². The molecule has 0 N–H and O–H groups in total. The number of ether oxygens (including phenoxy) is 1. The molecule has 0 aliphatic rings. The number of carbonyl (C=O) groups is 1. The predicted molar refractivity (Wildman–Crippen MR) is 60.3 cm³/mol. The molecule has 5 heteroatoms. The van der Waals surface area contributed by atoms with Gasteiger partial charge in [0.05, 0.1) is 11.9 Å². The molecule has 0 spiro atoms. The zero-order valence-electron chi connectivity index (χ0n) is 8.84. The van der Waals surface area contributed by atoms with E-state index in [4.69, 9.17) is 4.74 Å². The maximum absolute atomic E-state index is 12.8. The molecule has 16 heavy (non-hydrogen) atoms. The lowest BCUT2D eigenvalue weighted by Crippen LogP contribution is -2.05. The van der Waals surface area contributed by atoms with Gasteiger partial charge >= 0.3 is 0 Å². The van der Waals surface area contributed by atoms with Crippen LogP contribution in [-0.4, -0.2) is 12.9 Å². The average Bonchev–Trinajstić information content (AvgIpc) is 2.26. The van der Waals surface area contributed by atoms with E-state index in [0.717, 1.165) is 0 Å². The summed E-state index contributed by atoms with van der Waals surface area (Å²) in [4.78, 5) is 10.4. The van der Waals surface area contributed by atoms with Crippen molar-refractivity contribution in [3.05, 3.63) is 29.3 Å². The number of rotatable bonds is 4. The number of benzene rings is 1. The van der Waals surface area contributed by atoms with Crippen LogP contribution < -0.4 is 4.74 Å². The zero-order valence-corrected chi connectivity index (χ0v) is 10.4. The fourth-order valence-corrected chi connectivity index (χ4v) is 1.74. The van der Waals surface area contributed by atoms with Gasteiger partial charge in [0, 0.05) is 5.56 Å². The summed E-state index contributed by atoms with van der Waals surface area (Å²) in [6, 6.07) is 4.27. The SMILES string of the molecule is COc1ccc(C(Br)C(C)=O)c(C(F)F)c1. The van der Waals surface area contributed by atoms with Crippen molar-refractivity contribution in [3.63, 3.8) is 0 Å². The van der Waals surface area contributed by atoms with Gasteiger partial charge in [-0.2, -0.15) is 0 Å². The number of ketones is 1. The van der Waals surface area contributed by atoms with Gasteiger partial charge in [-0.15, -0.1) is 0 Å². The van der Waals surface area contributed by atoms with Crippen LogP contribution in [0.4, 0.5) is 8.78 Å². The Morgan fingerprint density at radius 2 is 2.00 bits per heavy atom. The molecule has 0 aromatic heterocycles. The van der Waals surface area contributed by atoms with Crippen molar-refractivity contribution in [1.29, 1.82) is 0 Å². The van der Waals surface area contributed by atoms with E-state index in [9.17, 15) is 13.6 Å². The van der Waals surface area contributed by atoms with Crippen molar-refractivity contribution in [2.45, 2.75) is 18.2 Å². The Labute approximate surface area is 101 Å². The van der Waals surface area contributed by atoms with Crippen LogP contribution in [0.2, 0.25) is 0 Å². The first-order valence-corrected chi connectivity index (χ1v) is 5.49. The zero-order chi connectivity index (χ0) is 12.3. The van der Waals surface area contributed by atoms with Crippen LogP contribution in [0.3, 0.4) is 0 Å². The number of Topliss-reactive ketones (excluding diaryl/α,β-unsaturated/α-hetero) is 1. The first-order chi connectivity index (χ1) is 7.47. The summed E-state index contributed by atoms with van der Waals surface area (Å²) in [5.41, 5.74) is 0.0970. The predicted octanol–water partition coefficient (Wildman–Crippen LogP) is 3.66. The van der Waals surface area contributed by atoms with E-state index in [1.807, 2.05) is 0 Å². The molecule has 1 aromatic carbocycles. The Morgan fingerprint density at radius 1 is 1.38 bits per heavy atom. The lowest BCUT2D eigenvalue weighted by molar-refractivity contribution is -0.116. The molecule has 0 aliphatic carbocycles. The number of carbonyl (C=O) groups excluding carboxylic acids is 1. The molecule has 0 saturated heterocycles. The molecular formula is C11H11BrF2O2. The van der Waals surface area contributed by atoms with Crippen LogP contribution >= 0.6 is 15.9 Å². The minimum atomic E-state index is -2.63. The Kier molecular flexibility index (Phi) is 4.41. The van der Waals surface area contributed by atoms with Gasteiger partial charge in [0.25, 0.3) is 6.43 Å². The number of methoxy groups -OCH3 is 1. The normalized spacial score (nSPS) is 12.6. The number of hydrogen-bond acceptors (Lipinski definition) is 2. The van der Waals surface area contributed by atoms with Crippen molar-refractivity contribution in [2.75, 3.05) is 7.11 Å². The Hall–Kier alpha value is -0.970. The Bertz CT molecular complexity index is 394. The summed E-state index contributed by atoms with van der Waals surface area (Å²) < 4.78 is 30.4. The summed E-state index contributed by atoms with van der Waals surface area (Å²) >= 11 is 3.09. The second-order valence-corrected chi connectivity index (χ2v) is 4.18. The van der Waals surface area contributed by atoms with Crippen LogP contribution in [-0.2, 0) is 4.79 Å². The molecule has 0 heterocycles. The third-order valence-corrected chi connectivity index (χ3v) is 3.30. The molecule has 0 aliphatic heterocycles. The Balaban J connectivity index is 3.22. The van der Waals surface area contributed by atoms with E-state index < -0.39 is 11.3 Å². The van der Waals surface area contributed by atoms with Crippen LogP contribution in [0, 0.1) is 0 Å². The molecule has 1 atom stereocenters. The van der Waals surface area contributed by atoms with Gasteiger partial charge in [-0.3, -0.25) is 4.79 Å². The Morgan fingerprint density at radius 3 is 2.44 bits per heavy atom. The van der Waals surface area contributed by atoms with Gasteiger partial charge in [0.2, 0.25) is 0 Å². The second-order valence-electron chi connectivity index (χ2n) is 3.27. The quantitative estimate of drug-likeness (QED) is 0.792. The van der Waals surface area contributed by atoms with Gasteiger partial charge in [-0.25, -0.2) is 8.78 Å². The second kappa shape index (κ2) is 5.39. The highest BCUT2D eigenvalue weighted by molar-refractivity contribution is 9.09. The molecule has 0 amide bonds. The summed E-state index contributed by atoms with van der Waals surface area (Å²) in [6.07, 6.45) is -2.63. The molecule has 1 rings (SSSR count). The number of hydrogen-bond donors (Lipinski definition) is 0. The van der Waals surface area contributed by atoms with E-state index in [1.54, 1.807) is 6.07 Å². The molecule has 2 nitrogen and oxygen atoms in total. The summed E-state index contributed by atoms with van der Waals surface area (Å²) in [7, 11) is 1.40. The highest BCUT2D eigenvalue weighted by atomic mass is 79.9. The molecule has 1 aromatic rings. The molecule has 0 bridgehead atoms. The average molecular weight is 293 g/mol. The number of halogens is 3. The molecule has 0 radical (unpaired) electrons. The van der Waals surface area contributed by atoms with Crippen LogP contribution in [0.25, 0.3) is 0 Å². The van der Waals surface area contributed by atoms with Gasteiger partial charge in [0.15, 0.2) is 0 Å². The summed E-state index contributed by atoms with van der Waals surface area (Å²) in [5.74, 6) is 0.134. The molecule has 1 unspecified atom stereocenters. The summed E-state index contributed by atoms with van der Waals surface area (Å²) in [6.45, 7) is 1.35. The van der Waals surface area contributed by atoms with Gasteiger partial charge in [0.1, 0.15) is 11.5 Å². The van der Waals surface area contributed by atoms with E-state index >= 15 is 0 Å². The van der Waals surface area contributed by atoms with Crippen molar-refractivity contribution in [1.82, 2.24) is 0 Å². The first-order valence-electron chi connectivity index (χ1n) is 4.58. The lowest BCUT2D eigenvalue weighted by Gasteiger charge is -2.13.